The summed E-state index contributed by atoms with van der Waals surface area (Å²) in [4.78, 5) is 19.2. The number of aromatic nitrogens is 2. The van der Waals surface area contributed by atoms with Crippen LogP contribution in [0.2, 0.25) is 0 Å². The van der Waals surface area contributed by atoms with Crippen LogP contribution in [0.3, 0.4) is 0 Å². The topological polar surface area (TPSA) is 57.8 Å². The third-order valence-electron chi connectivity index (χ3n) is 2.81. The van der Waals surface area contributed by atoms with E-state index >= 15 is 0 Å². The highest BCUT2D eigenvalue weighted by atomic mass is 32.2. The summed E-state index contributed by atoms with van der Waals surface area (Å²) in [6.07, 6.45) is 1.53. The van der Waals surface area contributed by atoms with Gasteiger partial charge in [0.05, 0.1) is 0 Å². The molecule has 0 unspecified atom stereocenters. The minimum atomic E-state index is -0.127. The average molecular weight is 289 g/mol. The molecule has 20 heavy (non-hydrogen) atoms. The summed E-state index contributed by atoms with van der Waals surface area (Å²) in [5.74, 6) is 0. The maximum atomic E-state index is 11.3. The Bertz CT molecular complexity index is 637. The van der Waals surface area contributed by atoms with Gasteiger partial charge in [0.15, 0.2) is 5.16 Å². The van der Waals surface area contributed by atoms with Crippen molar-refractivity contribution in [3.63, 3.8) is 0 Å². The fourth-order valence-electron chi connectivity index (χ4n) is 1.77. The van der Waals surface area contributed by atoms with Gasteiger partial charge < -0.3 is 10.3 Å². The van der Waals surface area contributed by atoms with Gasteiger partial charge >= 0.3 is 0 Å². The molecule has 0 amide bonds. The van der Waals surface area contributed by atoms with Crippen LogP contribution >= 0.6 is 11.8 Å². The SMILES string of the molecule is Cc1cc(CNC(C)C)ccc1Sc1nccc(=O)[nH]1. The molecule has 0 bridgehead atoms. The molecule has 1 aromatic heterocycles. The van der Waals surface area contributed by atoms with Crippen LogP contribution in [0.1, 0.15) is 25.0 Å². The minimum absolute atomic E-state index is 0.127. The molecule has 0 saturated heterocycles. The monoisotopic (exact) mass is 289 g/mol. The molecule has 1 heterocycles. The second-order valence-electron chi connectivity index (χ2n) is 4.98. The van der Waals surface area contributed by atoms with Crippen LogP contribution < -0.4 is 10.9 Å². The third kappa shape index (κ3) is 4.21. The molecule has 0 aliphatic heterocycles. The molecular formula is C15H19N3OS. The maximum Gasteiger partial charge on any atom is 0.251 e. The van der Waals surface area contributed by atoms with Crippen molar-refractivity contribution in [3.05, 3.63) is 51.9 Å². The number of aryl methyl sites for hydroxylation is 1. The Morgan fingerprint density at radius 2 is 2.15 bits per heavy atom. The Kier molecular flexibility index (Phi) is 4.98. The molecular weight excluding hydrogens is 270 g/mol. The highest BCUT2D eigenvalue weighted by Crippen LogP contribution is 2.27. The number of benzene rings is 1. The van der Waals surface area contributed by atoms with Gasteiger partial charge in [-0.15, -0.1) is 0 Å². The van der Waals surface area contributed by atoms with Crippen LogP contribution in [0.15, 0.2) is 45.3 Å². The lowest BCUT2D eigenvalue weighted by atomic mass is 10.1. The smallest absolute Gasteiger partial charge is 0.251 e. The van der Waals surface area contributed by atoms with Gasteiger partial charge in [-0.1, -0.05) is 37.7 Å². The second-order valence-corrected chi connectivity index (χ2v) is 6.01. The first kappa shape index (κ1) is 14.8. The summed E-state index contributed by atoms with van der Waals surface area (Å²) >= 11 is 1.47. The zero-order valence-electron chi connectivity index (χ0n) is 11.9. The van der Waals surface area contributed by atoms with Crippen molar-refractivity contribution in [1.82, 2.24) is 15.3 Å². The van der Waals surface area contributed by atoms with E-state index in [1.807, 2.05) is 0 Å². The molecule has 0 saturated carbocycles. The first-order valence-electron chi connectivity index (χ1n) is 6.60. The number of H-pyrrole nitrogens is 1. The maximum absolute atomic E-state index is 11.3. The number of hydrogen-bond acceptors (Lipinski definition) is 4. The van der Waals surface area contributed by atoms with Crippen molar-refractivity contribution in [3.8, 4) is 0 Å². The highest BCUT2D eigenvalue weighted by Gasteiger charge is 2.05. The lowest BCUT2D eigenvalue weighted by molar-refractivity contribution is 0.588. The van der Waals surface area contributed by atoms with E-state index in [9.17, 15) is 4.79 Å². The minimum Gasteiger partial charge on any atom is -0.310 e. The molecule has 0 radical (unpaired) electrons. The molecule has 0 fully saturated rings. The van der Waals surface area contributed by atoms with Crippen LogP contribution in [-0.4, -0.2) is 16.0 Å². The summed E-state index contributed by atoms with van der Waals surface area (Å²) in [5.41, 5.74) is 2.32. The Labute approximate surface area is 123 Å². The lowest BCUT2D eigenvalue weighted by Crippen LogP contribution is -2.21. The molecule has 2 aromatic rings. The van der Waals surface area contributed by atoms with Crippen LogP contribution in [0.5, 0.6) is 0 Å². The van der Waals surface area contributed by atoms with Gasteiger partial charge in [-0.25, -0.2) is 4.98 Å². The van der Waals surface area contributed by atoms with Crippen LogP contribution in [-0.2, 0) is 6.54 Å². The van der Waals surface area contributed by atoms with Gasteiger partial charge in [0.1, 0.15) is 0 Å². The molecule has 106 valence electrons. The molecule has 2 N–H and O–H groups in total. The Balaban J connectivity index is 2.11. The van der Waals surface area contributed by atoms with Gasteiger partial charge in [-0.3, -0.25) is 4.79 Å². The van der Waals surface area contributed by atoms with Crippen molar-refractivity contribution in [2.45, 2.75) is 43.4 Å². The van der Waals surface area contributed by atoms with Gasteiger partial charge in [-0.05, 0) is 24.1 Å². The third-order valence-corrected chi connectivity index (χ3v) is 3.89. The zero-order chi connectivity index (χ0) is 14.5. The van der Waals surface area contributed by atoms with Gasteiger partial charge in [0, 0.05) is 29.7 Å². The van der Waals surface area contributed by atoms with E-state index in [0.29, 0.717) is 11.2 Å². The molecule has 2 rings (SSSR count). The molecule has 0 atom stereocenters. The van der Waals surface area contributed by atoms with E-state index in [4.69, 9.17) is 0 Å². The Hall–Kier alpha value is -1.59. The average Bonchev–Trinajstić information content (AvgIpc) is 2.39. The standard InChI is InChI=1S/C15H19N3OS/c1-10(2)17-9-12-4-5-13(11(3)8-12)20-15-16-7-6-14(19)18-15/h4-8,10,17H,9H2,1-3H3,(H,16,18,19). The normalized spacial score (nSPS) is 11.0. The number of hydrogen-bond donors (Lipinski definition) is 2. The zero-order valence-corrected chi connectivity index (χ0v) is 12.8. The van der Waals surface area contributed by atoms with E-state index in [2.05, 4.69) is 54.3 Å². The van der Waals surface area contributed by atoms with E-state index in [-0.39, 0.29) is 5.56 Å². The lowest BCUT2D eigenvalue weighted by Gasteiger charge is -2.10. The number of rotatable bonds is 5. The van der Waals surface area contributed by atoms with E-state index in [0.717, 1.165) is 11.4 Å². The van der Waals surface area contributed by atoms with Crippen molar-refractivity contribution >= 4 is 11.8 Å². The Morgan fingerprint density at radius 1 is 1.35 bits per heavy atom. The summed E-state index contributed by atoms with van der Waals surface area (Å²) in [6, 6.07) is 8.23. The molecule has 1 aromatic carbocycles. The fourth-order valence-corrected chi connectivity index (χ4v) is 2.60. The van der Waals surface area contributed by atoms with Crippen molar-refractivity contribution < 1.29 is 0 Å². The van der Waals surface area contributed by atoms with E-state index in [1.54, 1.807) is 0 Å². The summed E-state index contributed by atoms with van der Waals surface area (Å²) in [6.45, 7) is 7.20. The number of nitrogens with zero attached hydrogens (tertiary/aromatic N) is 1. The van der Waals surface area contributed by atoms with Crippen LogP contribution in [0.4, 0.5) is 0 Å². The molecule has 5 heteroatoms. The van der Waals surface area contributed by atoms with Gasteiger partial charge in [0.25, 0.3) is 5.56 Å². The summed E-state index contributed by atoms with van der Waals surface area (Å²) < 4.78 is 0. The highest BCUT2D eigenvalue weighted by molar-refractivity contribution is 7.99. The van der Waals surface area contributed by atoms with Crippen molar-refractivity contribution in [2.24, 2.45) is 0 Å². The second kappa shape index (κ2) is 6.72. The van der Waals surface area contributed by atoms with Crippen LogP contribution in [0, 0.1) is 6.92 Å². The quantitative estimate of drug-likeness (QED) is 0.831. The largest absolute Gasteiger partial charge is 0.310 e. The number of aromatic amines is 1. The molecule has 0 spiro atoms. The van der Waals surface area contributed by atoms with Gasteiger partial charge in [-0.2, -0.15) is 0 Å². The van der Waals surface area contributed by atoms with Crippen molar-refractivity contribution in [1.29, 1.82) is 0 Å². The predicted molar refractivity (Wildman–Crippen MR) is 82.1 cm³/mol. The molecule has 4 nitrogen and oxygen atoms in total. The van der Waals surface area contributed by atoms with Crippen molar-refractivity contribution in [2.75, 3.05) is 0 Å². The summed E-state index contributed by atoms with van der Waals surface area (Å²) in [7, 11) is 0. The molecule has 0 aliphatic rings. The fraction of sp³-hybridized carbons (Fsp3) is 0.333. The first-order chi connectivity index (χ1) is 9.54. The number of nitrogens with one attached hydrogen (secondary N) is 2. The van der Waals surface area contributed by atoms with E-state index < -0.39 is 0 Å². The van der Waals surface area contributed by atoms with E-state index in [1.165, 1.54) is 35.2 Å². The molecule has 0 aliphatic carbocycles. The first-order valence-corrected chi connectivity index (χ1v) is 7.42. The summed E-state index contributed by atoms with van der Waals surface area (Å²) in [5, 5.41) is 4.02. The Morgan fingerprint density at radius 3 is 2.80 bits per heavy atom. The van der Waals surface area contributed by atoms with Crippen LogP contribution in [0.25, 0.3) is 0 Å². The predicted octanol–water partition coefficient (Wildman–Crippen LogP) is 2.73. The van der Waals surface area contributed by atoms with Gasteiger partial charge in [0.2, 0.25) is 0 Å².